The van der Waals surface area contributed by atoms with Gasteiger partial charge in [0, 0.05) is 36.1 Å². The molecule has 0 atom stereocenters. The molecule has 0 aliphatic heterocycles. The molecule has 0 spiro atoms. The van der Waals surface area contributed by atoms with Crippen molar-refractivity contribution < 1.29 is 0 Å². The standard InChI is InChI=1S/C20H24N6/c1-20(2,3)13-22-19-21-12-15-14(6-4-5-7-16(15)25-19)17-9-11-26-18(24-17)8-10-23-26/h6,8-12H,4-5,7,13H2,1-3H3,(H,21,22,25). The van der Waals surface area contributed by atoms with Gasteiger partial charge in [0.1, 0.15) is 0 Å². The number of fused-ring (bicyclic) bond motifs is 2. The molecule has 0 radical (unpaired) electrons. The minimum atomic E-state index is 0.186. The van der Waals surface area contributed by atoms with Crippen LogP contribution < -0.4 is 5.32 Å². The van der Waals surface area contributed by atoms with Crippen LogP contribution in [0.25, 0.3) is 11.2 Å². The monoisotopic (exact) mass is 348 g/mol. The molecule has 3 aromatic heterocycles. The number of nitrogens with one attached hydrogen (secondary N) is 1. The first-order valence-corrected chi connectivity index (χ1v) is 9.11. The summed E-state index contributed by atoms with van der Waals surface area (Å²) in [6.45, 7) is 7.43. The van der Waals surface area contributed by atoms with E-state index in [0.717, 1.165) is 54.0 Å². The largest absolute Gasteiger partial charge is 0.354 e. The summed E-state index contributed by atoms with van der Waals surface area (Å²) in [4.78, 5) is 14.1. The molecular weight excluding hydrogens is 324 g/mol. The summed E-state index contributed by atoms with van der Waals surface area (Å²) in [5.74, 6) is 0.708. The second kappa shape index (κ2) is 6.52. The summed E-state index contributed by atoms with van der Waals surface area (Å²) in [5.41, 5.74) is 5.27. The summed E-state index contributed by atoms with van der Waals surface area (Å²) < 4.78 is 1.78. The smallest absolute Gasteiger partial charge is 0.222 e. The Morgan fingerprint density at radius 3 is 2.92 bits per heavy atom. The van der Waals surface area contributed by atoms with Crippen molar-refractivity contribution in [3.8, 4) is 0 Å². The number of hydrogen-bond donors (Lipinski definition) is 1. The Hall–Kier alpha value is -2.76. The van der Waals surface area contributed by atoms with E-state index in [2.05, 4.69) is 42.2 Å². The van der Waals surface area contributed by atoms with Crippen LogP contribution in [0.4, 0.5) is 5.95 Å². The van der Waals surface area contributed by atoms with Crippen LogP contribution in [-0.4, -0.2) is 31.1 Å². The molecule has 6 nitrogen and oxygen atoms in total. The van der Waals surface area contributed by atoms with E-state index >= 15 is 0 Å². The molecule has 0 saturated heterocycles. The Bertz CT molecular complexity index is 964. The molecule has 0 amide bonds. The Balaban J connectivity index is 1.69. The molecule has 0 saturated carbocycles. The fourth-order valence-corrected chi connectivity index (χ4v) is 3.09. The average Bonchev–Trinajstić information content (AvgIpc) is 2.97. The van der Waals surface area contributed by atoms with Gasteiger partial charge in [0.05, 0.1) is 17.6 Å². The van der Waals surface area contributed by atoms with Crippen LogP contribution in [0.2, 0.25) is 0 Å². The van der Waals surface area contributed by atoms with Gasteiger partial charge in [-0.05, 0) is 30.7 Å². The van der Waals surface area contributed by atoms with Crippen molar-refractivity contribution in [3.63, 3.8) is 0 Å². The maximum absolute atomic E-state index is 4.80. The maximum atomic E-state index is 4.80. The Morgan fingerprint density at radius 1 is 1.19 bits per heavy atom. The van der Waals surface area contributed by atoms with E-state index in [1.54, 1.807) is 10.7 Å². The molecule has 0 fully saturated rings. The van der Waals surface area contributed by atoms with Crippen LogP contribution in [-0.2, 0) is 6.42 Å². The summed E-state index contributed by atoms with van der Waals surface area (Å²) in [5, 5.41) is 7.58. The van der Waals surface area contributed by atoms with Crippen molar-refractivity contribution in [2.75, 3.05) is 11.9 Å². The molecule has 1 aliphatic rings. The van der Waals surface area contributed by atoms with Crippen LogP contribution in [0.1, 0.15) is 50.6 Å². The van der Waals surface area contributed by atoms with Crippen molar-refractivity contribution in [1.82, 2.24) is 24.6 Å². The molecule has 0 bridgehead atoms. The van der Waals surface area contributed by atoms with Crippen molar-refractivity contribution in [2.24, 2.45) is 5.41 Å². The lowest BCUT2D eigenvalue weighted by atomic mass is 9.97. The average molecular weight is 348 g/mol. The number of rotatable bonds is 3. The molecule has 4 rings (SSSR count). The first-order chi connectivity index (χ1) is 12.5. The fraction of sp³-hybridized carbons (Fsp3) is 0.400. The molecule has 0 aromatic carbocycles. The lowest BCUT2D eigenvalue weighted by Gasteiger charge is -2.19. The number of anilines is 1. The van der Waals surface area contributed by atoms with Gasteiger partial charge in [-0.2, -0.15) is 5.10 Å². The van der Waals surface area contributed by atoms with Crippen LogP contribution >= 0.6 is 0 Å². The van der Waals surface area contributed by atoms with E-state index < -0.39 is 0 Å². The van der Waals surface area contributed by atoms with E-state index in [4.69, 9.17) is 9.97 Å². The highest BCUT2D eigenvalue weighted by Crippen LogP contribution is 2.29. The lowest BCUT2D eigenvalue weighted by Crippen LogP contribution is -2.20. The van der Waals surface area contributed by atoms with Crippen LogP contribution in [0.15, 0.2) is 36.8 Å². The third-order valence-electron chi connectivity index (χ3n) is 4.43. The predicted molar refractivity (Wildman–Crippen MR) is 103 cm³/mol. The minimum absolute atomic E-state index is 0.186. The van der Waals surface area contributed by atoms with Gasteiger partial charge >= 0.3 is 0 Å². The number of nitrogens with zero attached hydrogens (tertiary/aromatic N) is 5. The molecule has 1 aliphatic carbocycles. The SMILES string of the molecule is CC(C)(C)CNc1ncc2c(n1)CCCC=C2c1ccn2nccc2n1. The van der Waals surface area contributed by atoms with Gasteiger partial charge in [0.2, 0.25) is 5.95 Å². The molecule has 3 aromatic rings. The molecule has 6 heteroatoms. The van der Waals surface area contributed by atoms with Crippen molar-refractivity contribution >= 4 is 17.2 Å². The zero-order valence-corrected chi connectivity index (χ0v) is 15.5. The van der Waals surface area contributed by atoms with Crippen molar-refractivity contribution in [1.29, 1.82) is 0 Å². The summed E-state index contributed by atoms with van der Waals surface area (Å²) >= 11 is 0. The first kappa shape index (κ1) is 16.7. The molecule has 0 unspecified atom stereocenters. The Morgan fingerprint density at radius 2 is 2.08 bits per heavy atom. The highest BCUT2D eigenvalue weighted by atomic mass is 15.2. The van der Waals surface area contributed by atoms with Crippen LogP contribution in [0.5, 0.6) is 0 Å². The summed E-state index contributed by atoms with van der Waals surface area (Å²) in [6.07, 6.45) is 11.0. The zero-order chi connectivity index (χ0) is 18.1. The predicted octanol–water partition coefficient (Wildman–Crippen LogP) is 3.75. The number of aromatic nitrogens is 5. The van der Waals surface area contributed by atoms with Crippen LogP contribution in [0.3, 0.4) is 0 Å². The van der Waals surface area contributed by atoms with Gasteiger partial charge in [-0.25, -0.2) is 19.5 Å². The summed E-state index contributed by atoms with van der Waals surface area (Å²) in [7, 11) is 0. The number of aryl methyl sites for hydroxylation is 1. The highest BCUT2D eigenvalue weighted by molar-refractivity contribution is 5.79. The Labute approximate surface area is 153 Å². The Kier molecular flexibility index (Phi) is 4.18. The highest BCUT2D eigenvalue weighted by Gasteiger charge is 2.18. The van der Waals surface area contributed by atoms with Crippen molar-refractivity contribution in [2.45, 2.75) is 40.0 Å². The van der Waals surface area contributed by atoms with Crippen molar-refractivity contribution in [3.05, 3.63) is 53.8 Å². The molecule has 1 N–H and O–H groups in total. The van der Waals surface area contributed by atoms with Gasteiger partial charge in [0.25, 0.3) is 0 Å². The van der Waals surface area contributed by atoms with E-state index in [-0.39, 0.29) is 5.41 Å². The lowest BCUT2D eigenvalue weighted by molar-refractivity contribution is 0.441. The second-order valence-corrected chi connectivity index (χ2v) is 7.92. The minimum Gasteiger partial charge on any atom is -0.354 e. The number of hydrogen-bond acceptors (Lipinski definition) is 5. The van der Waals surface area contributed by atoms with E-state index in [0.29, 0.717) is 5.95 Å². The van der Waals surface area contributed by atoms with Gasteiger partial charge in [-0.1, -0.05) is 26.8 Å². The van der Waals surface area contributed by atoms with Gasteiger partial charge < -0.3 is 5.32 Å². The van der Waals surface area contributed by atoms with Gasteiger partial charge in [-0.15, -0.1) is 0 Å². The topological polar surface area (TPSA) is 68.0 Å². The number of allylic oxidation sites excluding steroid dienone is 1. The van der Waals surface area contributed by atoms with Gasteiger partial charge in [-0.3, -0.25) is 0 Å². The maximum Gasteiger partial charge on any atom is 0.222 e. The third kappa shape index (κ3) is 3.45. The molecule has 3 heterocycles. The molecule has 134 valence electrons. The quantitative estimate of drug-likeness (QED) is 0.781. The van der Waals surface area contributed by atoms with Gasteiger partial charge in [0.15, 0.2) is 5.65 Å². The summed E-state index contributed by atoms with van der Waals surface area (Å²) in [6, 6.07) is 3.92. The second-order valence-electron chi connectivity index (χ2n) is 7.92. The zero-order valence-electron chi connectivity index (χ0n) is 15.5. The normalized spacial score (nSPS) is 14.7. The molecular formula is C20H24N6. The third-order valence-corrected chi connectivity index (χ3v) is 4.43. The first-order valence-electron chi connectivity index (χ1n) is 9.11. The molecule has 26 heavy (non-hydrogen) atoms. The fourth-order valence-electron chi connectivity index (χ4n) is 3.09. The van der Waals surface area contributed by atoms with E-state index in [1.807, 2.05) is 24.5 Å². The van der Waals surface area contributed by atoms with Crippen LogP contribution in [0, 0.1) is 5.41 Å². The van der Waals surface area contributed by atoms with E-state index in [9.17, 15) is 0 Å². The van der Waals surface area contributed by atoms with E-state index in [1.165, 1.54) is 0 Å².